The van der Waals surface area contributed by atoms with Crippen LogP contribution in [-0.2, 0) is 14.3 Å². The van der Waals surface area contributed by atoms with Crippen LogP contribution in [0.15, 0.2) is 0 Å². The van der Waals surface area contributed by atoms with Gasteiger partial charge >= 0.3 is 12.1 Å². The van der Waals surface area contributed by atoms with Crippen LogP contribution in [0.2, 0.25) is 0 Å². The van der Waals surface area contributed by atoms with Crippen molar-refractivity contribution in [2.45, 2.75) is 78.0 Å². The van der Waals surface area contributed by atoms with Gasteiger partial charge in [0.25, 0.3) is 0 Å². The maximum absolute atomic E-state index is 11.7. The van der Waals surface area contributed by atoms with Crippen LogP contribution in [-0.4, -0.2) is 48.9 Å². The number of rotatable bonds is 9. The van der Waals surface area contributed by atoms with Crippen molar-refractivity contribution in [3.63, 3.8) is 0 Å². The maximum atomic E-state index is 11.7. The lowest BCUT2D eigenvalue weighted by molar-refractivity contribution is -0.156. The maximum Gasteiger partial charge on any atom is 0.407 e. The molecule has 0 radical (unpaired) electrons. The minimum absolute atomic E-state index is 0.357. The average molecular weight is 345 g/mol. The molecular weight excluding hydrogens is 310 g/mol. The second-order valence-electron chi connectivity index (χ2n) is 7.81. The molecule has 0 saturated carbocycles. The molecular formula is C17H35N3O4. The number of hydrogen-bond acceptors (Lipinski definition) is 6. The fraction of sp³-hybridized carbons (Fsp3) is 0.882. The molecule has 0 aliphatic carbocycles. The molecule has 0 aliphatic heterocycles. The Morgan fingerprint density at radius 1 is 0.917 bits per heavy atom. The number of carbonyl (C=O) groups excluding carboxylic acids is 2. The average Bonchev–Trinajstić information content (AvgIpc) is 2.37. The van der Waals surface area contributed by atoms with E-state index in [1.54, 1.807) is 0 Å². The Morgan fingerprint density at radius 2 is 1.46 bits per heavy atom. The molecule has 0 bridgehead atoms. The fourth-order valence-electron chi connectivity index (χ4n) is 1.79. The Morgan fingerprint density at radius 3 is 2.00 bits per heavy atom. The summed E-state index contributed by atoms with van der Waals surface area (Å²) in [5.41, 5.74) is 4.82. The van der Waals surface area contributed by atoms with E-state index in [1.807, 2.05) is 41.5 Å². The van der Waals surface area contributed by atoms with E-state index in [0.29, 0.717) is 13.0 Å². The zero-order valence-corrected chi connectivity index (χ0v) is 16.0. The summed E-state index contributed by atoms with van der Waals surface area (Å²) < 4.78 is 10.4. The Bertz CT molecular complexity index is 386. The quantitative estimate of drug-likeness (QED) is 0.436. The summed E-state index contributed by atoms with van der Waals surface area (Å²) in [6.07, 6.45) is 1.78. The van der Waals surface area contributed by atoms with Crippen LogP contribution in [0.5, 0.6) is 0 Å². The van der Waals surface area contributed by atoms with E-state index in [0.717, 1.165) is 25.9 Å². The van der Waals surface area contributed by atoms with Crippen LogP contribution < -0.4 is 16.4 Å². The van der Waals surface area contributed by atoms with Crippen molar-refractivity contribution >= 4 is 12.1 Å². The third kappa shape index (κ3) is 14.3. The second kappa shape index (κ2) is 10.5. The minimum atomic E-state index is -0.583. The lowest BCUT2D eigenvalue weighted by Crippen LogP contribution is -2.37. The highest BCUT2D eigenvalue weighted by Crippen LogP contribution is 2.09. The molecule has 7 heteroatoms. The molecule has 7 nitrogen and oxygen atoms in total. The highest BCUT2D eigenvalue weighted by Gasteiger charge is 2.21. The first kappa shape index (κ1) is 22.7. The molecule has 142 valence electrons. The molecule has 0 saturated heterocycles. The van der Waals surface area contributed by atoms with E-state index >= 15 is 0 Å². The second-order valence-corrected chi connectivity index (χ2v) is 7.81. The van der Waals surface area contributed by atoms with Crippen molar-refractivity contribution in [1.29, 1.82) is 0 Å². The molecule has 1 amide bonds. The van der Waals surface area contributed by atoms with E-state index in [1.165, 1.54) is 0 Å². The molecule has 24 heavy (non-hydrogen) atoms. The number of nitrogens with one attached hydrogen (secondary N) is 2. The van der Waals surface area contributed by atoms with Gasteiger partial charge in [-0.05, 0) is 73.9 Å². The van der Waals surface area contributed by atoms with E-state index < -0.39 is 23.3 Å². The van der Waals surface area contributed by atoms with Gasteiger partial charge in [-0.25, -0.2) is 4.79 Å². The van der Waals surface area contributed by atoms with Crippen molar-refractivity contribution in [1.82, 2.24) is 10.6 Å². The predicted octanol–water partition coefficient (Wildman–Crippen LogP) is 1.94. The Hall–Kier alpha value is -1.34. The zero-order valence-electron chi connectivity index (χ0n) is 16.0. The lowest BCUT2D eigenvalue weighted by atomic mass is 10.1. The van der Waals surface area contributed by atoms with E-state index in [9.17, 15) is 9.59 Å². The number of carbonyl (C=O) groups is 2. The van der Waals surface area contributed by atoms with Crippen molar-refractivity contribution < 1.29 is 19.1 Å². The van der Waals surface area contributed by atoms with Gasteiger partial charge in [-0.1, -0.05) is 0 Å². The highest BCUT2D eigenvalue weighted by atomic mass is 16.6. The number of nitrogens with two attached hydrogens (primary N) is 1. The van der Waals surface area contributed by atoms with Crippen LogP contribution in [0, 0.1) is 0 Å². The van der Waals surface area contributed by atoms with Crippen LogP contribution in [0.1, 0.15) is 60.8 Å². The summed E-state index contributed by atoms with van der Waals surface area (Å²) >= 11 is 0. The molecule has 0 aromatic heterocycles. The first-order chi connectivity index (χ1) is 10.9. The third-order valence-electron chi connectivity index (χ3n) is 2.78. The molecule has 0 heterocycles. The Labute approximate surface area is 146 Å². The molecule has 0 rings (SSSR count). The minimum Gasteiger partial charge on any atom is -0.459 e. The number of esters is 1. The monoisotopic (exact) mass is 345 g/mol. The highest BCUT2D eigenvalue weighted by molar-refractivity contribution is 5.75. The van der Waals surface area contributed by atoms with Gasteiger partial charge in [-0.2, -0.15) is 0 Å². The summed E-state index contributed by atoms with van der Waals surface area (Å²) in [6, 6.07) is -0.583. The van der Waals surface area contributed by atoms with Crippen LogP contribution in [0.4, 0.5) is 4.79 Å². The molecule has 4 N–H and O–H groups in total. The van der Waals surface area contributed by atoms with Crippen LogP contribution in [0.25, 0.3) is 0 Å². The summed E-state index contributed by atoms with van der Waals surface area (Å²) in [6.45, 7) is 13.1. The molecule has 0 aliphatic rings. The first-order valence-electron chi connectivity index (χ1n) is 8.57. The smallest absolute Gasteiger partial charge is 0.407 e. The van der Waals surface area contributed by atoms with Crippen LogP contribution >= 0.6 is 0 Å². The first-order valence-corrected chi connectivity index (χ1v) is 8.57. The predicted molar refractivity (Wildman–Crippen MR) is 94.8 cm³/mol. The summed E-state index contributed by atoms with van der Waals surface area (Å²) in [7, 11) is 0. The number of ether oxygens (including phenoxy) is 2. The summed E-state index contributed by atoms with van der Waals surface area (Å²) in [4.78, 5) is 23.1. The van der Waals surface area contributed by atoms with Gasteiger partial charge in [0.2, 0.25) is 0 Å². The van der Waals surface area contributed by atoms with Crippen molar-refractivity contribution in [2.75, 3.05) is 19.6 Å². The van der Waals surface area contributed by atoms with Crippen LogP contribution in [0.3, 0.4) is 0 Å². The lowest BCUT2D eigenvalue weighted by Gasteiger charge is -2.22. The van der Waals surface area contributed by atoms with Gasteiger partial charge in [0, 0.05) is 6.54 Å². The molecule has 0 aromatic rings. The van der Waals surface area contributed by atoms with Gasteiger partial charge in [0.1, 0.15) is 17.2 Å². The van der Waals surface area contributed by atoms with Crippen molar-refractivity contribution in [3.8, 4) is 0 Å². The fourth-order valence-corrected chi connectivity index (χ4v) is 1.79. The van der Waals surface area contributed by atoms with Gasteiger partial charge in [-0.15, -0.1) is 0 Å². The van der Waals surface area contributed by atoms with E-state index in [-0.39, 0.29) is 5.97 Å². The number of amides is 1. The normalized spacial score (nSPS) is 13.3. The standard InChI is InChI=1S/C17H35N3O4/c1-16(2,3)23-14(21)13(18)9-7-10-19-11-8-12-20-15(22)24-17(4,5)6/h13,19H,7-12,18H2,1-6H3,(H,20,22). The Balaban J connectivity index is 3.58. The van der Waals surface area contributed by atoms with Gasteiger partial charge in [0.05, 0.1) is 0 Å². The largest absolute Gasteiger partial charge is 0.459 e. The molecule has 0 fully saturated rings. The van der Waals surface area contributed by atoms with Gasteiger partial charge < -0.3 is 25.8 Å². The summed E-state index contributed by atoms with van der Waals surface area (Å²) in [5, 5.41) is 5.95. The molecule has 1 atom stereocenters. The zero-order chi connectivity index (χ0) is 18.8. The third-order valence-corrected chi connectivity index (χ3v) is 2.78. The number of hydrogen-bond donors (Lipinski definition) is 3. The van der Waals surface area contributed by atoms with Crippen molar-refractivity contribution in [2.24, 2.45) is 5.73 Å². The number of alkyl carbamates (subject to hydrolysis) is 1. The summed E-state index contributed by atoms with van der Waals surface area (Å²) in [5.74, 6) is -0.357. The van der Waals surface area contributed by atoms with E-state index in [4.69, 9.17) is 15.2 Å². The van der Waals surface area contributed by atoms with Crippen molar-refractivity contribution in [3.05, 3.63) is 0 Å². The Kier molecular flexibility index (Phi) is 9.92. The molecule has 0 aromatic carbocycles. The topological polar surface area (TPSA) is 103 Å². The van der Waals surface area contributed by atoms with E-state index in [2.05, 4.69) is 10.6 Å². The van der Waals surface area contributed by atoms with Gasteiger partial charge in [0.15, 0.2) is 0 Å². The molecule has 1 unspecified atom stereocenters. The SMILES string of the molecule is CC(C)(C)OC(=O)NCCCNCCCC(N)C(=O)OC(C)(C)C. The van der Waals surface area contributed by atoms with Gasteiger partial charge in [-0.3, -0.25) is 4.79 Å². The molecule has 0 spiro atoms.